The van der Waals surface area contributed by atoms with E-state index in [4.69, 9.17) is 33.8 Å². The highest BCUT2D eigenvalue weighted by molar-refractivity contribution is 7.21. The first-order valence-corrected chi connectivity index (χ1v) is 16.5. The SMILES string of the molecule is CN(C)c1ccc(-c2ccc(-c3nc4ccc(N(CCOCCOCCOCCOCCO)C(=O)OC(C)(C)C)cc4s3)cc2)cn1. The number of nitrogens with zero attached hydrogens (tertiary/aromatic N) is 4. The van der Waals surface area contributed by atoms with Crippen molar-refractivity contribution in [1.82, 2.24) is 9.97 Å². The summed E-state index contributed by atoms with van der Waals surface area (Å²) in [5.41, 5.74) is 4.09. The van der Waals surface area contributed by atoms with Crippen LogP contribution in [0, 0.1) is 0 Å². The van der Waals surface area contributed by atoms with Crippen LogP contribution in [-0.2, 0) is 23.7 Å². The summed E-state index contributed by atoms with van der Waals surface area (Å²) >= 11 is 1.58. The summed E-state index contributed by atoms with van der Waals surface area (Å²) in [6.45, 7) is 9.07. The Morgan fingerprint density at radius 3 is 1.96 bits per heavy atom. The molecule has 0 fully saturated rings. The molecule has 0 bridgehead atoms. The van der Waals surface area contributed by atoms with Crippen LogP contribution in [0.2, 0.25) is 0 Å². The average Bonchev–Trinajstić information content (AvgIpc) is 3.48. The first-order chi connectivity index (χ1) is 22.6. The summed E-state index contributed by atoms with van der Waals surface area (Å²) in [7, 11) is 3.95. The average molecular weight is 667 g/mol. The number of anilines is 2. The number of carbonyl (C=O) groups excluding carboxylic acids is 1. The monoisotopic (exact) mass is 666 g/mol. The Labute approximate surface area is 281 Å². The molecule has 1 amide bonds. The van der Waals surface area contributed by atoms with Crippen LogP contribution >= 0.6 is 11.3 Å². The number of aliphatic hydroxyl groups is 1. The molecule has 12 heteroatoms. The van der Waals surface area contributed by atoms with Crippen molar-refractivity contribution in [3.05, 3.63) is 60.8 Å². The lowest BCUT2D eigenvalue weighted by molar-refractivity contribution is -0.00506. The summed E-state index contributed by atoms with van der Waals surface area (Å²) < 4.78 is 28.6. The summed E-state index contributed by atoms with van der Waals surface area (Å²) in [6.07, 6.45) is 1.45. The topological polar surface area (TPSA) is 116 Å². The van der Waals surface area contributed by atoms with E-state index in [-0.39, 0.29) is 6.61 Å². The molecular weight excluding hydrogens is 620 g/mol. The van der Waals surface area contributed by atoms with E-state index >= 15 is 0 Å². The third-order valence-corrected chi connectivity index (χ3v) is 7.85. The molecule has 0 saturated carbocycles. The number of rotatable bonds is 18. The standard InChI is InChI=1S/C35H46N4O7S/c1-35(2,3)46-34(41)39(14-16-42-18-20-44-22-23-45-21-19-43-17-15-40)29-11-12-30-31(24-29)47-33(37-30)27-8-6-26(7-9-27)28-10-13-32(36-25-28)38(4)5/h6-13,24-25,40H,14-23H2,1-5H3. The number of aliphatic hydroxyl groups excluding tert-OH is 1. The summed E-state index contributed by atoms with van der Waals surface area (Å²) in [4.78, 5) is 26.2. The Morgan fingerprint density at radius 1 is 0.787 bits per heavy atom. The van der Waals surface area contributed by atoms with Gasteiger partial charge in [-0.1, -0.05) is 24.3 Å². The molecule has 0 atom stereocenters. The minimum absolute atomic E-state index is 0.00368. The normalized spacial score (nSPS) is 11.6. The minimum Gasteiger partial charge on any atom is -0.443 e. The van der Waals surface area contributed by atoms with Gasteiger partial charge in [0.2, 0.25) is 0 Å². The maximum absolute atomic E-state index is 13.2. The van der Waals surface area contributed by atoms with Crippen LogP contribution in [0.25, 0.3) is 31.9 Å². The van der Waals surface area contributed by atoms with Gasteiger partial charge in [0.05, 0.1) is 76.2 Å². The highest BCUT2D eigenvalue weighted by Crippen LogP contribution is 2.34. The van der Waals surface area contributed by atoms with E-state index in [2.05, 4.69) is 35.3 Å². The van der Waals surface area contributed by atoms with Crippen molar-refractivity contribution >= 4 is 39.2 Å². The van der Waals surface area contributed by atoms with Gasteiger partial charge in [-0.2, -0.15) is 0 Å². The van der Waals surface area contributed by atoms with Crippen LogP contribution in [0.3, 0.4) is 0 Å². The van der Waals surface area contributed by atoms with E-state index in [9.17, 15) is 4.79 Å². The minimum atomic E-state index is -0.643. The van der Waals surface area contributed by atoms with E-state index in [0.717, 1.165) is 37.7 Å². The maximum Gasteiger partial charge on any atom is 0.414 e. The number of aromatic nitrogens is 2. The number of carbonyl (C=O) groups is 1. The molecule has 0 saturated heterocycles. The van der Waals surface area contributed by atoms with Crippen LogP contribution in [0.5, 0.6) is 0 Å². The van der Waals surface area contributed by atoms with Gasteiger partial charge >= 0.3 is 6.09 Å². The third-order valence-electron chi connectivity index (χ3n) is 6.78. The van der Waals surface area contributed by atoms with Crippen LogP contribution in [-0.4, -0.2) is 107 Å². The zero-order valence-electron chi connectivity index (χ0n) is 27.9. The van der Waals surface area contributed by atoms with E-state index in [1.807, 2.05) is 70.2 Å². The van der Waals surface area contributed by atoms with Gasteiger partial charge in [0, 0.05) is 37.1 Å². The van der Waals surface area contributed by atoms with Gasteiger partial charge in [-0.15, -0.1) is 11.3 Å². The molecule has 0 aliphatic heterocycles. The Bertz CT molecular complexity index is 1520. The van der Waals surface area contributed by atoms with E-state index in [1.54, 1.807) is 16.2 Å². The number of thiazole rings is 1. The number of hydrogen-bond acceptors (Lipinski definition) is 11. The van der Waals surface area contributed by atoms with Gasteiger partial charge < -0.3 is 33.7 Å². The molecule has 2 aromatic heterocycles. The first kappa shape index (κ1) is 36.2. The molecule has 4 aromatic rings. The van der Waals surface area contributed by atoms with Crippen molar-refractivity contribution in [2.75, 3.05) is 89.9 Å². The van der Waals surface area contributed by atoms with Crippen molar-refractivity contribution in [3.63, 3.8) is 0 Å². The van der Waals surface area contributed by atoms with E-state index in [1.165, 1.54) is 0 Å². The third kappa shape index (κ3) is 11.5. The molecule has 11 nitrogen and oxygen atoms in total. The molecule has 1 N–H and O–H groups in total. The van der Waals surface area contributed by atoms with Gasteiger partial charge in [0.25, 0.3) is 0 Å². The lowest BCUT2D eigenvalue weighted by Crippen LogP contribution is -2.39. The van der Waals surface area contributed by atoms with Gasteiger partial charge in [0.1, 0.15) is 16.4 Å². The lowest BCUT2D eigenvalue weighted by Gasteiger charge is -2.27. The molecule has 2 heterocycles. The number of amides is 1. The maximum atomic E-state index is 13.2. The van der Waals surface area contributed by atoms with Crippen molar-refractivity contribution in [2.24, 2.45) is 0 Å². The lowest BCUT2D eigenvalue weighted by atomic mass is 10.1. The second-order valence-corrected chi connectivity index (χ2v) is 12.9. The van der Waals surface area contributed by atoms with Gasteiger partial charge in [0.15, 0.2) is 0 Å². The molecule has 0 radical (unpaired) electrons. The summed E-state index contributed by atoms with van der Waals surface area (Å²) in [6, 6.07) is 18.2. The highest BCUT2D eigenvalue weighted by Gasteiger charge is 2.24. The van der Waals surface area contributed by atoms with Crippen molar-refractivity contribution < 1.29 is 33.6 Å². The van der Waals surface area contributed by atoms with Crippen LogP contribution < -0.4 is 9.80 Å². The molecule has 254 valence electrons. The molecule has 0 unspecified atom stereocenters. The number of hydrogen-bond donors (Lipinski definition) is 1. The molecule has 2 aromatic carbocycles. The van der Waals surface area contributed by atoms with Crippen molar-refractivity contribution in [3.8, 4) is 21.7 Å². The van der Waals surface area contributed by atoms with E-state index < -0.39 is 11.7 Å². The second-order valence-electron chi connectivity index (χ2n) is 11.9. The Balaban J connectivity index is 1.34. The quantitative estimate of drug-likeness (QED) is 0.129. The summed E-state index contributed by atoms with van der Waals surface area (Å²) in [5.74, 6) is 0.915. The van der Waals surface area contributed by atoms with Crippen LogP contribution in [0.1, 0.15) is 20.8 Å². The fourth-order valence-electron chi connectivity index (χ4n) is 4.46. The number of benzene rings is 2. The number of ether oxygens (including phenoxy) is 5. The fourth-order valence-corrected chi connectivity index (χ4v) is 5.46. The predicted octanol–water partition coefficient (Wildman–Crippen LogP) is 5.89. The predicted molar refractivity (Wildman–Crippen MR) is 187 cm³/mol. The molecule has 0 aliphatic rings. The highest BCUT2D eigenvalue weighted by atomic mass is 32.1. The largest absolute Gasteiger partial charge is 0.443 e. The molecule has 4 rings (SSSR count). The number of pyridine rings is 1. The van der Waals surface area contributed by atoms with Crippen molar-refractivity contribution in [2.45, 2.75) is 26.4 Å². The summed E-state index contributed by atoms with van der Waals surface area (Å²) in [5, 5.41) is 9.58. The molecule has 47 heavy (non-hydrogen) atoms. The Hall–Kier alpha value is -3.65. The van der Waals surface area contributed by atoms with Crippen LogP contribution in [0.4, 0.5) is 16.3 Å². The molecular formula is C35H46N4O7S. The van der Waals surface area contributed by atoms with E-state index in [0.29, 0.717) is 65.1 Å². The number of fused-ring (bicyclic) bond motifs is 1. The molecule has 0 aliphatic carbocycles. The molecule has 0 spiro atoms. The fraction of sp³-hybridized carbons (Fsp3) is 0.457. The van der Waals surface area contributed by atoms with Crippen molar-refractivity contribution in [1.29, 1.82) is 0 Å². The first-order valence-electron chi connectivity index (χ1n) is 15.7. The van der Waals surface area contributed by atoms with Gasteiger partial charge in [-0.25, -0.2) is 14.8 Å². The van der Waals surface area contributed by atoms with Gasteiger partial charge in [-0.05, 0) is 56.7 Å². The van der Waals surface area contributed by atoms with Crippen LogP contribution in [0.15, 0.2) is 60.8 Å². The second kappa shape index (κ2) is 18.0. The zero-order chi connectivity index (χ0) is 33.6. The Morgan fingerprint density at radius 2 is 1.38 bits per heavy atom. The smallest absolute Gasteiger partial charge is 0.414 e. The Kier molecular flexibility index (Phi) is 13.9. The van der Waals surface area contributed by atoms with Gasteiger partial charge in [-0.3, -0.25) is 4.90 Å². The zero-order valence-corrected chi connectivity index (χ0v) is 28.8.